The van der Waals surface area contributed by atoms with Crippen LogP contribution in [0.4, 0.5) is 0 Å². The van der Waals surface area contributed by atoms with Crippen LogP contribution >= 0.6 is 0 Å². The van der Waals surface area contributed by atoms with Crippen LogP contribution in [0, 0.1) is 27.7 Å². The van der Waals surface area contributed by atoms with Gasteiger partial charge in [-0.3, -0.25) is 14.4 Å². The molecule has 0 radical (unpaired) electrons. The number of aromatic amines is 1. The van der Waals surface area contributed by atoms with Crippen molar-refractivity contribution in [3.63, 3.8) is 0 Å². The van der Waals surface area contributed by atoms with Crippen molar-refractivity contribution in [2.45, 2.75) is 27.7 Å². The molecular formula is C28H25NO4. The van der Waals surface area contributed by atoms with Gasteiger partial charge in [-0.1, -0.05) is 35.4 Å². The summed E-state index contributed by atoms with van der Waals surface area (Å²) in [5, 5.41) is 0.292. The fourth-order valence-corrected chi connectivity index (χ4v) is 4.01. The summed E-state index contributed by atoms with van der Waals surface area (Å²) in [5.41, 5.74) is 3.98. The first-order chi connectivity index (χ1) is 15.7. The molecule has 0 aliphatic carbocycles. The van der Waals surface area contributed by atoms with Gasteiger partial charge in [-0.15, -0.1) is 0 Å². The molecule has 0 bridgehead atoms. The number of methoxy groups -OCH3 is 1. The normalized spacial score (nSPS) is 10.9. The van der Waals surface area contributed by atoms with Gasteiger partial charge in [-0.05, 0) is 69.2 Å². The van der Waals surface area contributed by atoms with Crippen LogP contribution in [0.3, 0.4) is 0 Å². The maximum atomic E-state index is 13.7. The van der Waals surface area contributed by atoms with Crippen molar-refractivity contribution in [2.75, 3.05) is 7.11 Å². The Hall–Kier alpha value is -3.99. The summed E-state index contributed by atoms with van der Waals surface area (Å²) in [4.78, 5) is 44.2. The van der Waals surface area contributed by atoms with Crippen molar-refractivity contribution >= 4 is 22.5 Å². The van der Waals surface area contributed by atoms with Crippen LogP contribution in [0.2, 0.25) is 0 Å². The Morgan fingerprint density at radius 2 is 1.33 bits per heavy atom. The molecule has 1 N–H and O–H groups in total. The van der Waals surface area contributed by atoms with Gasteiger partial charge in [0.1, 0.15) is 11.4 Å². The van der Waals surface area contributed by atoms with Crippen LogP contribution in [0.25, 0.3) is 10.9 Å². The molecule has 4 rings (SSSR count). The van der Waals surface area contributed by atoms with Gasteiger partial charge in [0.05, 0.1) is 18.2 Å². The number of carbonyl (C=O) groups is 2. The van der Waals surface area contributed by atoms with E-state index in [-0.39, 0.29) is 17.0 Å². The second kappa shape index (κ2) is 8.51. The Kier molecular flexibility index (Phi) is 5.73. The number of nitrogens with one attached hydrogen (secondary N) is 1. The molecule has 0 aliphatic rings. The molecule has 5 heteroatoms. The molecule has 33 heavy (non-hydrogen) atoms. The summed E-state index contributed by atoms with van der Waals surface area (Å²) in [6.07, 6.45) is 0. The molecule has 5 nitrogen and oxygen atoms in total. The summed E-state index contributed by atoms with van der Waals surface area (Å²) in [6, 6.07) is 16.0. The monoisotopic (exact) mass is 439 g/mol. The van der Waals surface area contributed by atoms with E-state index in [1.165, 1.54) is 7.11 Å². The fraction of sp³-hybridized carbons (Fsp3) is 0.179. The zero-order valence-electron chi connectivity index (χ0n) is 19.3. The lowest BCUT2D eigenvalue weighted by atomic mass is 9.91. The average Bonchev–Trinajstić information content (AvgIpc) is 2.81. The summed E-state index contributed by atoms with van der Waals surface area (Å²) >= 11 is 0. The minimum Gasteiger partial charge on any atom is -0.497 e. The summed E-state index contributed by atoms with van der Waals surface area (Å²) in [7, 11) is 1.51. The highest BCUT2D eigenvalue weighted by atomic mass is 16.5. The quantitative estimate of drug-likeness (QED) is 0.432. The smallest absolute Gasteiger partial charge is 0.210 e. The van der Waals surface area contributed by atoms with E-state index in [2.05, 4.69) is 4.98 Å². The molecule has 0 amide bonds. The van der Waals surface area contributed by atoms with E-state index in [1.807, 2.05) is 52.0 Å². The summed E-state index contributed by atoms with van der Waals surface area (Å²) in [6.45, 7) is 7.43. The topological polar surface area (TPSA) is 76.2 Å². The molecule has 0 fully saturated rings. The molecule has 166 valence electrons. The molecule has 0 atom stereocenters. The SMILES string of the molecule is COc1ccc2[nH]c(C(=O)c3cc(C)ccc3C)c(C(=O)c3cc(C)ccc3C)c(=O)c2c1. The van der Waals surface area contributed by atoms with Gasteiger partial charge in [0.25, 0.3) is 0 Å². The highest BCUT2D eigenvalue weighted by Gasteiger charge is 2.27. The summed E-state index contributed by atoms with van der Waals surface area (Å²) in [5.74, 6) is -0.373. The van der Waals surface area contributed by atoms with Crippen LogP contribution in [-0.4, -0.2) is 23.7 Å². The lowest BCUT2D eigenvalue weighted by Gasteiger charge is -2.14. The van der Waals surface area contributed by atoms with E-state index >= 15 is 0 Å². The van der Waals surface area contributed by atoms with Gasteiger partial charge in [0, 0.05) is 16.5 Å². The van der Waals surface area contributed by atoms with Crippen molar-refractivity contribution in [1.82, 2.24) is 4.98 Å². The van der Waals surface area contributed by atoms with Crippen molar-refractivity contribution in [1.29, 1.82) is 0 Å². The number of ketones is 2. The number of H-pyrrole nitrogens is 1. The van der Waals surface area contributed by atoms with E-state index < -0.39 is 11.2 Å². The molecule has 4 aromatic rings. The van der Waals surface area contributed by atoms with Crippen molar-refractivity contribution in [2.24, 2.45) is 0 Å². The largest absolute Gasteiger partial charge is 0.497 e. The number of pyridine rings is 1. The van der Waals surface area contributed by atoms with Crippen LogP contribution < -0.4 is 10.2 Å². The van der Waals surface area contributed by atoms with E-state index in [9.17, 15) is 14.4 Å². The maximum absolute atomic E-state index is 13.7. The second-order valence-electron chi connectivity index (χ2n) is 8.41. The van der Waals surface area contributed by atoms with Crippen LogP contribution in [0.15, 0.2) is 59.4 Å². The van der Waals surface area contributed by atoms with Gasteiger partial charge in [-0.25, -0.2) is 0 Å². The molecule has 1 heterocycles. The lowest BCUT2D eigenvalue weighted by molar-refractivity contribution is 0.0998. The predicted molar refractivity (Wildman–Crippen MR) is 130 cm³/mol. The van der Waals surface area contributed by atoms with Gasteiger partial charge in [0.2, 0.25) is 11.2 Å². The number of ether oxygens (including phenoxy) is 1. The molecule has 0 aliphatic heterocycles. The first kappa shape index (κ1) is 22.2. The van der Waals surface area contributed by atoms with E-state index in [1.54, 1.807) is 30.3 Å². The number of benzene rings is 3. The first-order valence-corrected chi connectivity index (χ1v) is 10.7. The van der Waals surface area contributed by atoms with E-state index in [4.69, 9.17) is 4.74 Å². The Morgan fingerprint density at radius 1 is 0.758 bits per heavy atom. The first-order valence-electron chi connectivity index (χ1n) is 10.7. The van der Waals surface area contributed by atoms with Gasteiger partial charge in [0.15, 0.2) is 5.78 Å². The van der Waals surface area contributed by atoms with Crippen molar-refractivity contribution in [3.8, 4) is 5.75 Å². The highest BCUT2D eigenvalue weighted by Crippen LogP contribution is 2.24. The number of rotatable bonds is 5. The zero-order chi connectivity index (χ0) is 23.9. The third kappa shape index (κ3) is 3.98. The second-order valence-corrected chi connectivity index (χ2v) is 8.41. The third-order valence-electron chi connectivity index (χ3n) is 5.94. The van der Waals surface area contributed by atoms with Gasteiger partial charge >= 0.3 is 0 Å². The Bertz CT molecular complexity index is 1490. The number of aryl methyl sites for hydroxylation is 4. The number of carbonyl (C=O) groups excluding carboxylic acids is 2. The number of fused-ring (bicyclic) bond motifs is 1. The third-order valence-corrected chi connectivity index (χ3v) is 5.94. The van der Waals surface area contributed by atoms with Crippen LogP contribution in [0.5, 0.6) is 5.75 Å². The maximum Gasteiger partial charge on any atom is 0.210 e. The minimum atomic E-state index is -0.498. The Labute approximate surface area is 192 Å². The Morgan fingerprint density at radius 3 is 1.91 bits per heavy atom. The number of hydrogen-bond acceptors (Lipinski definition) is 4. The average molecular weight is 440 g/mol. The standard InChI is InChI=1S/C28H25NO4/c1-15-6-8-17(3)20(12-15)26(30)24-25(28(32)21-13-16(2)7-9-18(21)4)29-23-11-10-19(33-5)14-22(23)27(24)31/h6-14H,1-5H3,(H,29,31). The molecule has 0 unspecified atom stereocenters. The van der Waals surface area contributed by atoms with E-state index in [0.29, 0.717) is 27.8 Å². The minimum absolute atomic E-state index is 0.00253. The number of hydrogen-bond donors (Lipinski definition) is 1. The number of aromatic nitrogens is 1. The van der Waals surface area contributed by atoms with Crippen LogP contribution in [0.1, 0.15) is 54.2 Å². The zero-order valence-corrected chi connectivity index (χ0v) is 19.3. The molecule has 0 saturated heterocycles. The molecule has 1 aromatic heterocycles. The molecule has 0 spiro atoms. The molecule has 0 saturated carbocycles. The van der Waals surface area contributed by atoms with Gasteiger partial charge in [-0.2, -0.15) is 0 Å². The van der Waals surface area contributed by atoms with Crippen LogP contribution in [-0.2, 0) is 0 Å². The molecular weight excluding hydrogens is 414 g/mol. The van der Waals surface area contributed by atoms with E-state index in [0.717, 1.165) is 22.3 Å². The predicted octanol–water partition coefficient (Wildman–Crippen LogP) is 5.23. The van der Waals surface area contributed by atoms with Crippen molar-refractivity contribution in [3.05, 3.63) is 109 Å². The molecule has 3 aromatic carbocycles. The fourth-order valence-electron chi connectivity index (χ4n) is 4.01. The highest BCUT2D eigenvalue weighted by molar-refractivity contribution is 6.20. The Balaban J connectivity index is 2.06. The van der Waals surface area contributed by atoms with Crippen molar-refractivity contribution < 1.29 is 14.3 Å². The summed E-state index contributed by atoms with van der Waals surface area (Å²) < 4.78 is 5.27. The van der Waals surface area contributed by atoms with Gasteiger partial charge < -0.3 is 9.72 Å². The lowest BCUT2D eigenvalue weighted by Crippen LogP contribution is -2.24.